The van der Waals surface area contributed by atoms with E-state index in [0.29, 0.717) is 18.3 Å². The van der Waals surface area contributed by atoms with Gasteiger partial charge in [-0.05, 0) is 37.5 Å². The lowest BCUT2D eigenvalue weighted by atomic mass is 10.2. The molecule has 1 aromatic carbocycles. The fourth-order valence-corrected chi connectivity index (χ4v) is 2.97. The summed E-state index contributed by atoms with van der Waals surface area (Å²) in [6, 6.07) is 7.70. The van der Waals surface area contributed by atoms with Crippen LogP contribution in [0.15, 0.2) is 30.5 Å². The van der Waals surface area contributed by atoms with Crippen molar-refractivity contribution in [3.8, 4) is 0 Å². The highest BCUT2D eigenvalue weighted by atomic mass is 16.6. The average Bonchev–Trinajstić information content (AvgIpc) is 3.16. The van der Waals surface area contributed by atoms with Crippen LogP contribution in [-0.4, -0.2) is 14.7 Å². The van der Waals surface area contributed by atoms with E-state index >= 15 is 0 Å². The molecule has 0 unspecified atom stereocenters. The van der Waals surface area contributed by atoms with E-state index in [1.165, 1.54) is 25.7 Å². The van der Waals surface area contributed by atoms with E-state index in [-0.39, 0.29) is 10.6 Å². The molecule has 1 saturated carbocycles. The summed E-state index contributed by atoms with van der Waals surface area (Å²) in [6.45, 7) is 2.34. The first kappa shape index (κ1) is 14.6. The van der Waals surface area contributed by atoms with Crippen LogP contribution < -0.4 is 5.32 Å². The Kier molecular flexibility index (Phi) is 4.09. The van der Waals surface area contributed by atoms with Gasteiger partial charge in [-0.1, -0.05) is 18.9 Å². The smallest absolute Gasteiger partial charge is 0.292 e. The van der Waals surface area contributed by atoms with E-state index in [9.17, 15) is 10.1 Å². The SMILES string of the molecule is Cc1ccc(NCc2ccn(C3CCCC3)n2)c([N+](=O)[O-])c1. The normalized spacial score (nSPS) is 15.1. The molecule has 0 amide bonds. The summed E-state index contributed by atoms with van der Waals surface area (Å²) in [6.07, 6.45) is 6.94. The summed E-state index contributed by atoms with van der Waals surface area (Å²) in [5, 5.41) is 18.8. The van der Waals surface area contributed by atoms with E-state index in [1.807, 2.05) is 29.9 Å². The molecule has 0 aliphatic heterocycles. The Morgan fingerprint density at radius 3 is 2.86 bits per heavy atom. The molecule has 0 spiro atoms. The van der Waals surface area contributed by atoms with E-state index in [1.54, 1.807) is 12.1 Å². The number of aryl methyl sites for hydroxylation is 1. The van der Waals surface area contributed by atoms with Crippen molar-refractivity contribution < 1.29 is 4.92 Å². The molecule has 1 aliphatic carbocycles. The summed E-state index contributed by atoms with van der Waals surface area (Å²) in [5.74, 6) is 0. The molecule has 1 aliphatic rings. The molecule has 3 rings (SSSR count). The Labute approximate surface area is 129 Å². The van der Waals surface area contributed by atoms with Crippen molar-refractivity contribution in [2.75, 3.05) is 5.32 Å². The number of nitro groups is 1. The Morgan fingerprint density at radius 1 is 1.36 bits per heavy atom. The maximum atomic E-state index is 11.1. The topological polar surface area (TPSA) is 73.0 Å². The van der Waals surface area contributed by atoms with E-state index in [2.05, 4.69) is 10.4 Å². The van der Waals surface area contributed by atoms with Crippen LogP contribution in [0.1, 0.15) is 43.0 Å². The number of rotatable bonds is 5. The number of anilines is 1. The molecule has 1 heterocycles. The number of nitrogens with one attached hydrogen (secondary N) is 1. The first-order chi connectivity index (χ1) is 10.6. The molecule has 0 atom stereocenters. The monoisotopic (exact) mass is 300 g/mol. The highest BCUT2D eigenvalue weighted by Crippen LogP contribution is 2.29. The Morgan fingerprint density at radius 2 is 2.14 bits per heavy atom. The van der Waals surface area contributed by atoms with Gasteiger partial charge in [0.2, 0.25) is 0 Å². The van der Waals surface area contributed by atoms with E-state index < -0.39 is 0 Å². The molecule has 2 aromatic rings. The van der Waals surface area contributed by atoms with Gasteiger partial charge in [0.25, 0.3) is 5.69 Å². The number of nitrogens with zero attached hydrogens (tertiary/aromatic N) is 3. The third kappa shape index (κ3) is 3.10. The standard InChI is InChI=1S/C16H20N4O2/c1-12-6-7-15(16(10-12)20(21)22)17-11-13-8-9-19(18-13)14-4-2-3-5-14/h6-10,14,17H,2-5,11H2,1H3. The maximum absolute atomic E-state index is 11.1. The van der Waals surface area contributed by atoms with Crippen LogP contribution in [0.25, 0.3) is 0 Å². The lowest BCUT2D eigenvalue weighted by molar-refractivity contribution is -0.384. The molecule has 1 N–H and O–H groups in total. The summed E-state index contributed by atoms with van der Waals surface area (Å²) in [7, 11) is 0. The summed E-state index contributed by atoms with van der Waals surface area (Å²) in [4.78, 5) is 10.8. The highest BCUT2D eigenvalue weighted by molar-refractivity contribution is 5.62. The molecule has 0 bridgehead atoms. The van der Waals surface area contributed by atoms with Crippen molar-refractivity contribution in [1.29, 1.82) is 0 Å². The van der Waals surface area contributed by atoms with Crippen LogP contribution in [0.5, 0.6) is 0 Å². The first-order valence-electron chi connectivity index (χ1n) is 7.66. The lowest BCUT2D eigenvalue weighted by Crippen LogP contribution is -2.07. The zero-order valence-electron chi connectivity index (χ0n) is 12.7. The summed E-state index contributed by atoms with van der Waals surface area (Å²) >= 11 is 0. The molecule has 0 saturated heterocycles. The molecule has 6 heteroatoms. The Hall–Kier alpha value is -2.37. The minimum absolute atomic E-state index is 0.107. The number of hydrogen-bond acceptors (Lipinski definition) is 4. The van der Waals surface area contributed by atoms with Gasteiger partial charge in [-0.15, -0.1) is 0 Å². The minimum Gasteiger partial charge on any atom is -0.374 e. The number of aromatic nitrogens is 2. The second-order valence-corrected chi connectivity index (χ2v) is 5.86. The number of nitro benzene ring substituents is 1. The van der Waals surface area contributed by atoms with Crippen molar-refractivity contribution in [1.82, 2.24) is 9.78 Å². The van der Waals surface area contributed by atoms with Gasteiger partial charge in [-0.3, -0.25) is 14.8 Å². The molecule has 116 valence electrons. The summed E-state index contributed by atoms with van der Waals surface area (Å²) < 4.78 is 2.04. The minimum atomic E-state index is -0.355. The fraction of sp³-hybridized carbons (Fsp3) is 0.438. The lowest BCUT2D eigenvalue weighted by Gasteiger charge is -2.09. The van der Waals surface area contributed by atoms with Crippen LogP contribution in [0, 0.1) is 17.0 Å². The zero-order chi connectivity index (χ0) is 15.5. The fourth-order valence-electron chi connectivity index (χ4n) is 2.97. The molecule has 1 aromatic heterocycles. The van der Waals surface area contributed by atoms with E-state index in [4.69, 9.17) is 0 Å². The molecule has 6 nitrogen and oxygen atoms in total. The molecule has 22 heavy (non-hydrogen) atoms. The van der Waals surface area contributed by atoms with Gasteiger partial charge in [-0.2, -0.15) is 5.10 Å². The van der Waals surface area contributed by atoms with Crippen LogP contribution in [-0.2, 0) is 6.54 Å². The summed E-state index contributed by atoms with van der Waals surface area (Å²) in [5.41, 5.74) is 2.42. The Balaban J connectivity index is 1.69. The maximum Gasteiger partial charge on any atom is 0.292 e. The van der Waals surface area contributed by atoms with Gasteiger partial charge < -0.3 is 5.32 Å². The van der Waals surface area contributed by atoms with Gasteiger partial charge in [-0.25, -0.2) is 0 Å². The molecule has 0 radical (unpaired) electrons. The van der Waals surface area contributed by atoms with Crippen molar-refractivity contribution in [3.05, 3.63) is 51.8 Å². The first-order valence-corrected chi connectivity index (χ1v) is 7.66. The second kappa shape index (κ2) is 6.17. The van der Waals surface area contributed by atoms with Gasteiger partial charge in [0, 0.05) is 12.3 Å². The second-order valence-electron chi connectivity index (χ2n) is 5.86. The van der Waals surface area contributed by atoms with Crippen LogP contribution in [0.2, 0.25) is 0 Å². The van der Waals surface area contributed by atoms with Crippen LogP contribution in [0.4, 0.5) is 11.4 Å². The predicted molar refractivity (Wildman–Crippen MR) is 84.9 cm³/mol. The van der Waals surface area contributed by atoms with Gasteiger partial charge in [0.05, 0.1) is 23.2 Å². The third-order valence-electron chi connectivity index (χ3n) is 4.17. The largest absolute Gasteiger partial charge is 0.374 e. The van der Waals surface area contributed by atoms with Crippen molar-refractivity contribution in [2.24, 2.45) is 0 Å². The van der Waals surface area contributed by atoms with Crippen molar-refractivity contribution >= 4 is 11.4 Å². The van der Waals surface area contributed by atoms with Gasteiger partial charge >= 0.3 is 0 Å². The Bertz CT molecular complexity index is 675. The predicted octanol–water partition coefficient (Wildman–Crippen LogP) is 3.83. The molecule has 1 fully saturated rings. The van der Waals surface area contributed by atoms with Gasteiger partial charge in [0.1, 0.15) is 5.69 Å². The third-order valence-corrected chi connectivity index (χ3v) is 4.17. The average molecular weight is 300 g/mol. The van der Waals surface area contributed by atoms with Crippen molar-refractivity contribution in [3.63, 3.8) is 0 Å². The van der Waals surface area contributed by atoms with Crippen molar-refractivity contribution in [2.45, 2.75) is 45.2 Å². The highest BCUT2D eigenvalue weighted by Gasteiger charge is 2.18. The zero-order valence-corrected chi connectivity index (χ0v) is 12.7. The van der Waals surface area contributed by atoms with E-state index in [0.717, 1.165) is 11.3 Å². The molecular weight excluding hydrogens is 280 g/mol. The molecular formula is C16H20N4O2. The quantitative estimate of drug-likeness (QED) is 0.673. The van der Waals surface area contributed by atoms with Crippen LogP contribution in [0.3, 0.4) is 0 Å². The van der Waals surface area contributed by atoms with Gasteiger partial charge in [0.15, 0.2) is 0 Å². The number of benzene rings is 1. The van der Waals surface area contributed by atoms with Crippen LogP contribution >= 0.6 is 0 Å². The number of hydrogen-bond donors (Lipinski definition) is 1.